The highest BCUT2D eigenvalue weighted by atomic mass is 16.5. The number of carbonyl (C=O) groups excluding carboxylic acids is 1. The zero-order chi connectivity index (χ0) is 12.2. The molecule has 1 fully saturated rings. The van der Waals surface area contributed by atoms with E-state index in [1.807, 2.05) is 20.8 Å². The molecule has 0 aliphatic heterocycles. The molecule has 94 valence electrons. The molecule has 1 rings (SSSR count). The molecule has 1 aliphatic rings. The van der Waals surface area contributed by atoms with E-state index >= 15 is 0 Å². The van der Waals surface area contributed by atoms with E-state index < -0.39 is 0 Å². The van der Waals surface area contributed by atoms with Gasteiger partial charge in [-0.1, -0.05) is 0 Å². The Balaban J connectivity index is 2.01. The van der Waals surface area contributed by atoms with Crippen molar-refractivity contribution in [2.45, 2.75) is 45.3 Å². The topological polar surface area (TPSA) is 41.6 Å². The van der Waals surface area contributed by atoms with Gasteiger partial charge in [0.2, 0.25) is 5.91 Å². The van der Waals surface area contributed by atoms with Crippen molar-refractivity contribution < 1.29 is 9.53 Å². The molecule has 0 saturated heterocycles. The quantitative estimate of drug-likeness (QED) is 0.738. The minimum absolute atomic E-state index is 0.0286. The molecule has 4 nitrogen and oxygen atoms in total. The zero-order valence-corrected chi connectivity index (χ0v) is 10.9. The maximum absolute atomic E-state index is 11.4. The average molecular weight is 228 g/mol. The van der Waals surface area contributed by atoms with E-state index in [0.29, 0.717) is 6.54 Å². The molecule has 0 aromatic rings. The molecule has 0 atom stereocenters. The minimum Gasteiger partial charge on any atom is -0.366 e. The summed E-state index contributed by atoms with van der Waals surface area (Å²) in [6.07, 6.45) is 2.61. The first-order valence-electron chi connectivity index (χ1n) is 5.99. The van der Waals surface area contributed by atoms with Crippen LogP contribution in [-0.4, -0.2) is 49.2 Å². The number of nitrogens with one attached hydrogen (secondary N) is 1. The number of nitrogens with zero attached hydrogens (tertiary/aromatic N) is 1. The Morgan fingerprint density at radius 2 is 2.06 bits per heavy atom. The van der Waals surface area contributed by atoms with Crippen molar-refractivity contribution >= 4 is 5.91 Å². The first kappa shape index (κ1) is 13.5. The summed E-state index contributed by atoms with van der Waals surface area (Å²) in [6, 6.07) is 0.753. The Hall–Kier alpha value is -0.610. The van der Waals surface area contributed by atoms with Crippen molar-refractivity contribution in [1.82, 2.24) is 10.2 Å². The smallest absolute Gasteiger partial charge is 0.246 e. The molecule has 0 spiro atoms. The van der Waals surface area contributed by atoms with Crippen LogP contribution in [0.4, 0.5) is 0 Å². The highest BCUT2D eigenvalue weighted by Gasteiger charge is 2.25. The molecular formula is C12H24N2O2. The van der Waals surface area contributed by atoms with Crippen LogP contribution < -0.4 is 5.32 Å². The van der Waals surface area contributed by atoms with Crippen molar-refractivity contribution in [1.29, 1.82) is 0 Å². The Bertz CT molecular complexity index is 232. The maximum atomic E-state index is 11.4. The molecule has 0 aromatic heterocycles. The van der Waals surface area contributed by atoms with Gasteiger partial charge in [-0.15, -0.1) is 0 Å². The summed E-state index contributed by atoms with van der Waals surface area (Å²) >= 11 is 0. The second kappa shape index (κ2) is 5.64. The summed E-state index contributed by atoms with van der Waals surface area (Å²) in [6.45, 7) is 7.62. The first-order valence-corrected chi connectivity index (χ1v) is 5.99. The zero-order valence-electron chi connectivity index (χ0n) is 10.9. The molecule has 16 heavy (non-hydrogen) atoms. The molecule has 4 heteroatoms. The number of rotatable bonds is 6. The first-order chi connectivity index (χ1) is 7.38. The molecular weight excluding hydrogens is 204 g/mol. The summed E-state index contributed by atoms with van der Waals surface area (Å²) in [5.41, 5.74) is -0.248. The van der Waals surface area contributed by atoms with E-state index in [0.717, 1.165) is 12.6 Å². The van der Waals surface area contributed by atoms with E-state index in [4.69, 9.17) is 4.74 Å². The maximum Gasteiger partial charge on any atom is 0.246 e. The van der Waals surface area contributed by atoms with Crippen molar-refractivity contribution in [3.63, 3.8) is 0 Å². The summed E-state index contributed by atoms with van der Waals surface area (Å²) in [5, 5.41) is 2.86. The number of ether oxygens (including phenoxy) is 1. The predicted octanol–water partition coefficient (Wildman–Crippen LogP) is 1.01. The number of carbonyl (C=O) groups is 1. The van der Waals surface area contributed by atoms with Gasteiger partial charge in [0, 0.05) is 19.1 Å². The molecule has 1 saturated carbocycles. The fourth-order valence-corrected chi connectivity index (χ4v) is 1.40. The van der Waals surface area contributed by atoms with Crippen LogP contribution in [0.15, 0.2) is 0 Å². The number of hydrogen-bond acceptors (Lipinski definition) is 3. The normalized spacial score (nSPS) is 16.6. The predicted molar refractivity (Wildman–Crippen MR) is 64.4 cm³/mol. The van der Waals surface area contributed by atoms with Gasteiger partial charge in [-0.3, -0.25) is 4.79 Å². The highest BCUT2D eigenvalue weighted by Crippen LogP contribution is 2.24. The molecule has 0 heterocycles. The fraction of sp³-hybridized carbons (Fsp3) is 0.917. The van der Waals surface area contributed by atoms with E-state index in [1.165, 1.54) is 12.8 Å². The number of hydrogen-bond donors (Lipinski definition) is 1. The lowest BCUT2D eigenvalue weighted by molar-refractivity contribution is -0.130. The molecule has 0 bridgehead atoms. The molecule has 0 aromatic carbocycles. The van der Waals surface area contributed by atoms with Crippen LogP contribution in [-0.2, 0) is 9.53 Å². The number of likely N-dealkylation sites (N-methyl/N-ethyl adjacent to an activating group) is 1. The van der Waals surface area contributed by atoms with Crippen molar-refractivity contribution in [2.75, 3.05) is 26.7 Å². The molecule has 0 unspecified atom stereocenters. The second-order valence-electron chi connectivity index (χ2n) is 5.46. The van der Waals surface area contributed by atoms with Crippen molar-refractivity contribution in [3.05, 3.63) is 0 Å². The third kappa shape index (κ3) is 6.08. The van der Waals surface area contributed by atoms with E-state index in [1.54, 1.807) is 0 Å². The van der Waals surface area contributed by atoms with Gasteiger partial charge >= 0.3 is 0 Å². The van der Waals surface area contributed by atoms with Crippen LogP contribution >= 0.6 is 0 Å². The Morgan fingerprint density at radius 1 is 1.44 bits per heavy atom. The van der Waals surface area contributed by atoms with Gasteiger partial charge in [0.05, 0.1) is 5.60 Å². The summed E-state index contributed by atoms with van der Waals surface area (Å²) in [5.74, 6) is -0.0286. The van der Waals surface area contributed by atoms with Crippen LogP contribution in [0.2, 0.25) is 0 Å². The van der Waals surface area contributed by atoms with Gasteiger partial charge in [-0.2, -0.15) is 0 Å². The van der Waals surface area contributed by atoms with E-state index in [2.05, 4.69) is 17.3 Å². The third-order valence-corrected chi connectivity index (χ3v) is 2.59. The van der Waals surface area contributed by atoms with E-state index in [9.17, 15) is 4.79 Å². The lowest BCUT2D eigenvalue weighted by Gasteiger charge is -2.19. The summed E-state index contributed by atoms with van der Waals surface area (Å²) < 4.78 is 5.38. The monoisotopic (exact) mass is 228 g/mol. The minimum atomic E-state index is -0.248. The van der Waals surface area contributed by atoms with Gasteiger partial charge in [0.1, 0.15) is 6.61 Å². The standard InChI is InChI=1S/C12H24N2O2/c1-12(2,3)16-9-11(15)13-7-8-14(4)10-5-6-10/h10H,5-9H2,1-4H3,(H,13,15). The van der Waals surface area contributed by atoms with Gasteiger partial charge in [-0.05, 0) is 40.7 Å². The van der Waals surface area contributed by atoms with Crippen LogP contribution in [0.5, 0.6) is 0 Å². The third-order valence-electron chi connectivity index (χ3n) is 2.59. The van der Waals surface area contributed by atoms with Crippen molar-refractivity contribution in [3.8, 4) is 0 Å². The number of amides is 1. The lowest BCUT2D eigenvalue weighted by Crippen LogP contribution is -2.37. The van der Waals surface area contributed by atoms with Crippen LogP contribution in [0, 0.1) is 0 Å². The molecule has 1 N–H and O–H groups in total. The van der Waals surface area contributed by atoms with Crippen LogP contribution in [0.1, 0.15) is 33.6 Å². The second-order valence-corrected chi connectivity index (χ2v) is 5.46. The van der Waals surface area contributed by atoms with Gasteiger partial charge < -0.3 is 15.0 Å². The highest BCUT2D eigenvalue weighted by molar-refractivity contribution is 5.77. The fourth-order valence-electron chi connectivity index (χ4n) is 1.40. The SMILES string of the molecule is CN(CCNC(=O)COC(C)(C)C)C1CC1. The Labute approximate surface area is 98.3 Å². The largest absolute Gasteiger partial charge is 0.366 e. The molecule has 1 aliphatic carbocycles. The lowest BCUT2D eigenvalue weighted by atomic mass is 10.2. The van der Waals surface area contributed by atoms with Crippen molar-refractivity contribution in [2.24, 2.45) is 0 Å². The van der Waals surface area contributed by atoms with Gasteiger partial charge in [-0.25, -0.2) is 0 Å². The van der Waals surface area contributed by atoms with Gasteiger partial charge in [0.25, 0.3) is 0 Å². The average Bonchev–Trinajstić information content (AvgIpc) is 2.96. The molecule has 1 amide bonds. The summed E-state index contributed by atoms with van der Waals surface area (Å²) in [7, 11) is 2.11. The van der Waals surface area contributed by atoms with Crippen LogP contribution in [0.3, 0.4) is 0 Å². The van der Waals surface area contributed by atoms with Gasteiger partial charge in [0.15, 0.2) is 0 Å². The Morgan fingerprint density at radius 3 is 2.56 bits per heavy atom. The van der Waals surface area contributed by atoms with Crippen LogP contribution in [0.25, 0.3) is 0 Å². The summed E-state index contributed by atoms with van der Waals surface area (Å²) in [4.78, 5) is 13.7. The van der Waals surface area contributed by atoms with E-state index in [-0.39, 0.29) is 18.1 Å². The molecule has 0 radical (unpaired) electrons. The Kier molecular flexibility index (Phi) is 4.74.